The maximum Gasteiger partial charge on any atom is 0.263 e. The molecule has 4 rings (SSSR count). The standard InChI is InChI=1S/C23H33N3O3S2/c1-15-8-10-16(11-9-15)25(2)19(27)14-30-23-24-21-20(22(28)26(23)12-13-29-3)17-6-4-5-7-18(17)31-21/h15-16H,4-14H2,1-3H3. The molecular formula is C23H33N3O3S2. The maximum atomic E-state index is 13.4. The van der Waals surface area contributed by atoms with Gasteiger partial charge < -0.3 is 9.64 Å². The molecule has 0 atom stereocenters. The van der Waals surface area contributed by atoms with Gasteiger partial charge in [0.05, 0.1) is 24.3 Å². The van der Waals surface area contributed by atoms with E-state index in [-0.39, 0.29) is 11.5 Å². The second kappa shape index (κ2) is 10.0. The number of hydrogen-bond donors (Lipinski definition) is 0. The maximum absolute atomic E-state index is 13.4. The summed E-state index contributed by atoms with van der Waals surface area (Å²) in [5.74, 6) is 1.18. The Morgan fingerprint density at radius 3 is 2.74 bits per heavy atom. The van der Waals surface area contributed by atoms with Gasteiger partial charge in [0.15, 0.2) is 5.16 Å². The first-order chi connectivity index (χ1) is 15.0. The van der Waals surface area contributed by atoms with Gasteiger partial charge >= 0.3 is 0 Å². The summed E-state index contributed by atoms with van der Waals surface area (Å²) >= 11 is 3.04. The van der Waals surface area contributed by atoms with Gasteiger partial charge in [-0.15, -0.1) is 11.3 Å². The molecule has 6 nitrogen and oxygen atoms in total. The van der Waals surface area contributed by atoms with Gasteiger partial charge in [0, 0.05) is 25.1 Å². The molecule has 0 bridgehead atoms. The zero-order valence-corrected chi connectivity index (χ0v) is 20.4. The van der Waals surface area contributed by atoms with Crippen molar-refractivity contribution in [2.75, 3.05) is 26.5 Å². The molecule has 1 fully saturated rings. The van der Waals surface area contributed by atoms with Crippen molar-refractivity contribution in [1.82, 2.24) is 14.5 Å². The van der Waals surface area contributed by atoms with Crippen LogP contribution in [0.2, 0.25) is 0 Å². The van der Waals surface area contributed by atoms with Gasteiger partial charge in [0.1, 0.15) is 4.83 Å². The molecule has 0 radical (unpaired) electrons. The fourth-order valence-corrected chi connectivity index (χ4v) is 7.02. The Morgan fingerprint density at radius 2 is 2.00 bits per heavy atom. The van der Waals surface area contributed by atoms with Gasteiger partial charge in [-0.05, 0) is 62.8 Å². The first kappa shape index (κ1) is 22.8. The quantitative estimate of drug-likeness (QED) is 0.457. The number of hydrogen-bond acceptors (Lipinski definition) is 6. The Morgan fingerprint density at radius 1 is 1.26 bits per heavy atom. The summed E-state index contributed by atoms with van der Waals surface area (Å²) in [6.07, 6.45) is 8.86. The monoisotopic (exact) mass is 463 g/mol. The van der Waals surface area contributed by atoms with Crippen LogP contribution in [0.1, 0.15) is 55.9 Å². The molecule has 0 N–H and O–H groups in total. The van der Waals surface area contributed by atoms with Crippen molar-refractivity contribution in [3.63, 3.8) is 0 Å². The molecule has 2 aliphatic carbocycles. The van der Waals surface area contributed by atoms with Crippen molar-refractivity contribution in [2.45, 2.75) is 76.0 Å². The molecule has 2 aromatic rings. The number of thiophene rings is 1. The Balaban J connectivity index is 1.56. The minimum Gasteiger partial charge on any atom is -0.383 e. The normalized spacial score (nSPS) is 21.3. The van der Waals surface area contributed by atoms with E-state index in [0.29, 0.717) is 30.1 Å². The van der Waals surface area contributed by atoms with Gasteiger partial charge in [-0.3, -0.25) is 14.2 Å². The third-order valence-corrected chi connectivity index (χ3v) is 8.96. The van der Waals surface area contributed by atoms with Crippen LogP contribution in [-0.2, 0) is 28.9 Å². The second-order valence-corrected chi connectivity index (χ2v) is 11.0. The molecular weight excluding hydrogens is 430 g/mol. The van der Waals surface area contributed by atoms with E-state index in [1.54, 1.807) is 23.0 Å². The van der Waals surface area contributed by atoms with Crippen molar-refractivity contribution in [3.8, 4) is 0 Å². The fraction of sp³-hybridized carbons (Fsp3) is 0.696. The summed E-state index contributed by atoms with van der Waals surface area (Å²) in [7, 11) is 3.56. The van der Waals surface area contributed by atoms with Crippen LogP contribution >= 0.6 is 23.1 Å². The average Bonchev–Trinajstić information content (AvgIpc) is 3.15. The molecule has 8 heteroatoms. The van der Waals surface area contributed by atoms with Gasteiger partial charge in [-0.2, -0.15) is 0 Å². The fourth-order valence-electron chi connectivity index (χ4n) is 4.77. The number of nitrogens with zero attached hydrogens (tertiary/aromatic N) is 3. The van der Waals surface area contributed by atoms with Crippen LogP contribution in [0.4, 0.5) is 0 Å². The molecule has 0 aliphatic heterocycles. The van der Waals surface area contributed by atoms with Crippen molar-refractivity contribution in [2.24, 2.45) is 5.92 Å². The lowest BCUT2D eigenvalue weighted by Crippen LogP contribution is -2.40. The van der Waals surface area contributed by atoms with Crippen LogP contribution in [0, 0.1) is 5.92 Å². The highest BCUT2D eigenvalue weighted by Crippen LogP contribution is 2.35. The van der Waals surface area contributed by atoms with Crippen LogP contribution in [-0.4, -0.2) is 52.9 Å². The van der Waals surface area contributed by atoms with Gasteiger partial charge in [0.25, 0.3) is 5.56 Å². The predicted molar refractivity (Wildman–Crippen MR) is 127 cm³/mol. The minimum absolute atomic E-state index is 0.0195. The van der Waals surface area contributed by atoms with Gasteiger partial charge in [-0.25, -0.2) is 4.98 Å². The van der Waals surface area contributed by atoms with Crippen molar-refractivity contribution >= 4 is 39.2 Å². The summed E-state index contributed by atoms with van der Waals surface area (Å²) < 4.78 is 6.96. The number of aryl methyl sites for hydroxylation is 2. The molecule has 0 saturated heterocycles. The second-order valence-electron chi connectivity index (χ2n) is 8.94. The smallest absolute Gasteiger partial charge is 0.263 e. The third kappa shape index (κ3) is 4.86. The summed E-state index contributed by atoms with van der Waals surface area (Å²) in [4.78, 5) is 35.2. The van der Waals surface area contributed by atoms with Crippen LogP contribution in [0.25, 0.3) is 10.2 Å². The number of carbonyl (C=O) groups is 1. The summed E-state index contributed by atoms with van der Waals surface area (Å²) in [5, 5.41) is 1.42. The molecule has 170 valence electrons. The van der Waals surface area contributed by atoms with E-state index in [2.05, 4.69) is 6.92 Å². The molecule has 31 heavy (non-hydrogen) atoms. The molecule has 2 heterocycles. The zero-order valence-electron chi connectivity index (χ0n) is 18.8. The number of fused-ring (bicyclic) bond motifs is 3. The number of methoxy groups -OCH3 is 1. The molecule has 1 amide bonds. The van der Waals surface area contributed by atoms with Gasteiger partial charge in [0.2, 0.25) is 5.91 Å². The lowest BCUT2D eigenvalue weighted by atomic mass is 9.87. The van der Waals surface area contributed by atoms with E-state index in [9.17, 15) is 9.59 Å². The summed E-state index contributed by atoms with van der Waals surface area (Å²) in [6, 6.07) is 0.333. The SMILES string of the molecule is COCCn1c(SCC(=O)N(C)C2CCC(C)CC2)nc2sc3c(c2c1=O)CCCC3. The summed E-state index contributed by atoms with van der Waals surface area (Å²) in [5.41, 5.74) is 1.22. The van der Waals surface area contributed by atoms with Crippen molar-refractivity contribution in [3.05, 3.63) is 20.8 Å². The third-order valence-electron chi connectivity index (χ3n) is 6.81. The van der Waals surface area contributed by atoms with E-state index < -0.39 is 0 Å². The van der Waals surface area contributed by atoms with E-state index in [1.807, 2.05) is 11.9 Å². The number of ether oxygens (including phenoxy) is 1. The van der Waals surface area contributed by atoms with Crippen LogP contribution in [0.3, 0.4) is 0 Å². The number of thioether (sulfide) groups is 1. The lowest BCUT2D eigenvalue weighted by molar-refractivity contribution is -0.129. The summed E-state index contributed by atoms with van der Waals surface area (Å²) in [6.45, 7) is 3.19. The van der Waals surface area contributed by atoms with Crippen LogP contribution in [0.15, 0.2) is 9.95 Å². The number of amides is 1. The molecule has 2 aliphatic rings. The first-order valence-electron chi connectivity index (χ1n) is 11.4. The number of rotatable bonds is 7. The molecule has 2 aromatic heterocycles. The highest BCUT2D eigenvalue weighted by Gasteiger charge is 2.26. The van der Waals surface area contributed by atoms with Crippen LogP contribution in [0.5, 0.6) is 0 Å². The van der Waals surface area contributed by atoms with Crippen molar-refractivity contribution in [1.29, 1.82) is 0 Å². The Bertz CT molecular complexity index is 992. The predicted octanol–water partition coefficient (Wildman–Crippen LogP) is 4.11. The highest BCUT2D eigenvalue weighted by atomic mass is 32.2. The van der Waals surface area contributed by atoms with E-state index in [0.717, 1.165) is 48.2 Å². The largest absolute Gasteiger partial charge is 0.383 e. The highest BCUT2D eigenvalue weighted by molar-refractivity contribution is 7.99. The van der Waals surface area contributed by atoms with Crippen molar-refractivity contribution < 1.29 is 9.53 Å². The Kier molecular flexibility index (Phi) is 7.39. The molecule has 0 spiro atoms. The first-order valence-corrected chi connectivity index (χ1v) is 13.2. The topological polar surface area (TPSA) is 64.4 Å². The minimum atomic E-state index is 0.0195. The lowest BCUT2D eigenvalue weighted by Gasteiger charge is -2.33. The zero-order chi connectivity index (χ0) is 22.0. The molecule has 0 aromatic carbocycles. The van der Waals surface area contributed by atoms with E-state index in [1.165, 1.54) is 41.5 Å². The van der Waals surface area contributed by atoms with Crippen LogP contribution < -0.4 is 5.56 Å². The Labute approximate surface area is 192 Å². The molecule has 1 saturated carbocycles. The van der Waals surface area contributed by atoms with E-state index >= 15 is 0 Å². The van der Waals surface area contributed by atoms with E-state index in [4.69, 9.17) is 9.72 Å². The Hall–Kier alpha value is -1.38. The average molecular weight is 464 g/mol. The number of aromatic nitrogens is 2. The number of carbonyl (C=O) groups excluding carboxylic acids is 1. The van der Waals surface area contributed by atoms with Gasteiger partial charge in [-0.1, -0.05) is 18.7 Å². The molecule has 0 unspecified atom stereocenters.